The Kier molecular flexibility index (Phi) is 8.89. The molecule has 0 bridgehead atoms. The monoisotopic (exact) mass is 611 g/mol. The molecule has 0 fully saturated rings. The summed E-state index contributed by atoms with van der Waals surface area (Å²) in [7, 11) is 1.65. The molecular weight excluding hydrogens is 583 g/mol. The van der Waals surface area contributed by atoms with Crippen molar-refractivity contribution in [3.05, 3.63) is 126 Å². The highest BCUT2D eigenvalue weighted by molar-refractivity contribution is 6.08. The Morgan fingerprint density at radius 1 is 0.867 bits per heavy atom. The molecule has 5 aromatic rings. The van der Waals surface area contributed by atoms with Gasteiger partial charge in [0.05, 0.1) is 16.8 Å². The van der Waals surface area contributed by atoms with E-state index >= 15 is 0 Å². The lowest BCUT2D eigenvalue weighted by molar-refractivity contribution is -0.137. The van der Waals surface area contributed by atoms with Crippen LogP contribution < -0.4 is 10.6 Å². The van der Waals surface area contributed by atoms with E-state index in [-0.39, 0.29) is 17.3 Å². The molecule has 0 unspecified atom stereocenters. The molecule has 45 heavy (non-hydrogen) atoms. The summed E-state index contributed by atoms with van der Waals surface area (Å²) in [6.45, 7) is 2.29. The minimum absolute atomic E-state index is 0.246. The van der Waals surface area contributed by atoms with Gasteiger partial charge in [-0.3, -0.25) is 19.4 Å². The van der Waals surface area contributed by atoms with E-state index in [1.54, 1.807) is 86.0 Å². The second kappa shape index (κ2) is 13.0. The van der Waals surface area contributed by atoms with E-state index in [1.807, 2.05) is 6.92 Å². The zero-order valence-corrected chi connectivity index (χ0v) is 24.3. The van der Waals surface area contributed by atoms with Gasteiger partial charge in [0.1, 0.15) is 5.82 Å². The van der Waals surface area contributed by atoms with Gasteiger partial charge in [-0.15, -0.1) is 0 Å². The van der Waals surface area contributed by atoms with Gasteiger partial charge >= 0.3 is 6.18 Å². The number of benzene rings is 3. The van der Waals surface area contributed by atoms with Crippen molar-refractivity contribution in [2.45, 2.75) is 19.1 Å². The molecule has 0 aliphatic carbocycles. The molecule has 1 atom stereocenters. The minimum Gasteiger partial charge on any atom is -0.344 e. The zero-order valence-electron chi connectivity index (χ0n) is 24.3. The Balaban J connectivity index is 1.34. The Morgan fingerprint density at radius 2 is 1.60 bits per heavy atom. The molecule has 0 aliphatic heterocycles. The Labute approximate surface area is 256 Å². The fourth-order valence-electron chi connectivity index (χ4n) is 4.69. The van der Waals surface area contributed by atoms with Crippen LogP contribution in [-0.4, -0.2) is 46.2 Å². The first-order chi connectivity index (χ1) is 21.5. The topological polar surface area (TPSA) is 104 Å². The quantitative estimate of drug-likeness (QED) is 0.208. The van der Waals surface area contributed by atoms with Crippen LogP contribution in [0.25, 0.3) is 22.0 Å². The molecule has 3 aromatic carbocycles. The van der Waals surface area contributed by atoms with Crippen LogP contribution in [-0.2, 0) is 11.0 Å². The van der Waals surface area contributed by atoms with E-state index in [9.17, 15) is 27.6 Å². The molecule has 2 aromatic heterocycles. The van der Waals surface area contributed by atoms with E-state index in [2.05, 4.69) is 20.6 Å². The number of hydrogen-bond acceptors (Lipinski definition) is 5. The highest BCUT2D eigenvalue weighted by Gasteiger charge is 2.30. The van der Waals surface area contributed by atoms with Gasteiger partial charge in [-0.25, -0.2) is 4.98 Å². The smallest absolute Gasteiger partial charge is 0.344 e. The second-order valence-electron chi connectivity index (χ2n) is 10.2. The van der Waals surface area contributed by atoms with Gasteiger partial charge in [-0.05, 0) is 78.7 Å². The molecule has 8 nitrogen and oxygen atoms in total. The van der Waals surface area contributed by atoms with Crippen molar-refractivity contribution < 1.29 is 27.6 Å². The van der Waals surface area contributed by atoms with E-state index in [4.69, 9.17) is 0 Å². The normalized spacial score (nSPS) is 11.9. The highest BCUT2D eigenvalue weighted by atomic mass is 19.4. The fraction of sp³-hybridized carbons (Fsp3) is 0.147. The Hall–Kier alpha value is -5.58. The van der Waals surface area contributed by atoms with Crippen molar-refractivity contribution in [1.29, 1.82) is 0 Å². The number of nitrogens with one attached hydrogen (secondary N) is 2. The maximum absolute atomic E-state index is 13.2. The van der Waals surface area contributed by atoms with Gasteiger partial charge in [0.15, 0.2) is 6.04 Å². The number of amides is 3. The van der Waals surface area contributed by atoms with Gasteiger partial charge < -0.3 is 15.5 Å². The summed E-state index contributed by atoms with van der Waals surface area (Å²) in [5.74, 6) is -1.01. The lowest BCUT2D eigenvalue weighted by Gasteiger charge is -2.23. The number of anilines is 1. The summed E-state index contributed by atoms with van der Waals surface area (Å²) in [4.78, 5) is 49.7. The number of hydrogen-bond donors (Lipinski definition) is 2. The van der Waals surface area contributed by atoms with Crippen LogP contribution in [0, 0.1) is 0 Å². The number of pyridine rings is 2. The molecule has 0 saturated heterocycles. The Bertz CT molecular complexity index is 1860. The summed E-state index contributed by atoms with van der Waals surface area (Å²) >= 11 is 0. The largest absolute Gasteiger partial charge is 0.416 e. The number of likely N-dealkylation sites (N-methyl/N-ethyl adjacent to an activating group) is 1. The molecule has 3 amide bonds. The molecule has 2 heterocycles. The third-order valence-corrected chi connectivity index (χ3v) is 7.24. The summed E-state index contributed by atoms with van der Waals surface area (Å²) in [6, 6.07) is 23.5. The number of aromatic nitrogens is 2. The maximum atomic E-state index is 13.2. The van der Waals surface area contributed by atoms with Crippen LogP contribution in [0.15, 0.2) is 103 Å². The van der Waals surface area contributed by atoms with Gasteiger partial charge in [-0.1, -0.05) is 36.4 Å². The maximum Gasteiger partial charge on any atom is 0.416 e. The molecule has 0 saturated carbocycles. The molecule has 0 spiro atoms. The fourth-order valence-corrected chi connectivity index (χ4v) is 4.69. The number of alkyl halides is 3. The average molecular weight is 612 g/mol. The van der Waals surface area contributed by atoms with Crippen LogP contribution in [0.4, 0.5) is 19.0 Å². The van der Waals surface area contributed by atoms with Crippen molar-refractivity contribution in [3.63, 3.8) is 0 Å². The predicted molar refractivity (Wildman–Crippen MR) is 164 cm³/mol. The van der Waals surface area contributed by atoms with Gasteiger partial charge in [0.25, 0.3) is 17.7 Å². The van der Waals surface area contributed by atoms with Crippen molar-refractivity contribution in [1.82, 2.24) is 20.2 Å². The van der Waals surface area contributed by atoms with Gasteiger partial charge in [0.2, 0.25) is 0 Å². The van der Waals surface area contributed by atoms with E-state index in [0.717, 1.165) is 12.1 Å². The van der Waals surface area contributed by atoms with Crippen LogP contribution in [0.1, 0.15) is 44.9 Å². The molecule has 0 radical (unpaired) electrons. The van der Waals surface area contributed by atoms with Crippen molar-refractivity contribution in [2.24, 2.45) is 0 Å². The second-order valence-corrected chi connectivity index (χ2v) is 10.2. The minimum atomic E-state index is -4.46. The van der Waals surface area contributed by atoms with Crippen molar-refractivity contribution in [3.8, 4) is 11.1 Å². The molecular formula is C34H28F3N5O3. The molecule has 2 N–H and O–H groups in total. The van der Waals surface area contributed by atoms with Gasteiger partial charge in [-0.2, -0.15) is 13.2 Å². The number of carbonyl (C=O) groups excluding carboxylic acids is 3. The average Bonchev–Trinajstić information content (AvgIpc) is 3.06. The molecule has 5 rings (SSSR count). The standard InChI is InChI=1S/C34H28F3N5O3/c1-3-42(2)33(45)30(28-10-6-7-19-38-28)41-31(43)23-13-17-27-22(20-23)14-18-29(39-27)40-32(44)26-9-5-4-8-25(26)21-11-15-24(16-12-21)34(35,36)37/h4-20,30H,3H2,1-2H3,(H,41,43)(H,39,40,44)/t30-/m0/s1. The lowest BCUT2D eigenvalue weighted by atomic mass is 9.98. The highest BCUT2D eigenvalue weighted by Crippen LogP contribution is 2.32. The summed E-state index contributed by atoms with van der Waals surface area (Å²) in [5.41, 5.74) is 1.63. The summed E-state index contributed by atoms with van der Waals surface area (Å²) in [5, 5.41) is 6.16. The van der Waals surface area contributed by atoms with Crippen LogP contribution in [0.3, 0.4) is 0 Å². The SMILES string of the molecule is CCN(C)C(=O)[C@@H](NC(=O)c1ccc2nc(NC(=O)c3ccccc3-c3ccc(C(F)(F)F)cc3)ccc2c1)c1ccccn1. The molecule has 228 valence electrons. The number of rotatable bonds is 8. The number of fused-ring (bicyclic) bond motifs is 1. The van der Waals surface area contributed by atoms with Crippen LogP contribution in [0.5, 0.6) is 0 Å². The first kappa shape index (κ1) is 30.9. The van der Waals surface area contributed by atoms with Gasteiger partial charge in [0, 0.05) is 36.3 Å². The molecule has 11 heteroatoms. The van der Waals surface area contributed by atoms with Crippen LogP contribution in [0.2, 0.25) is 0 Å². The predicted octanol–water partition coefficient (Wildman–Crippen LogP) is 6.52. The number of nitrogens with zero attached hydrogens (tertiary/aromatic N) is 3. The summed E-state index contributed by atoms with van der Waals surface area (Å²) < 4.78 is 39.1. The van der Waals surface area contributed by atoms with E-state index in [1.165, 1.54) is 17.0 Å². The van der Waals surface area contributed by atoms with E-state index in [0.29, 0.717) is 39.8 Å². The first-order valence-corrected chi connectivity index (χ1v) is 14.0. The summed E-state index contributed by atoms with van der Waals surface area (Å²) in [6.07, 6.45) is -2.91. The first-order valence-electron chi connectivity index (χ1n) is 14.0. The number of halogens is 3. The molecule has 0 aliphatic rings. The third kappa shape index (κ3) is 6.98. The van der Waals surface area contributed by atoms with E-state index < -0.39 is 29.6 Å². The van der Waals surface area contributed by atoms with Crippen LogP contribution >= 0.6 is 0 Å². The van der Waals surface area contributed by atoms with Crippen molar-refractivity contribution in [2.75, 3.05) is 18.9 Å². The Morgan fingerprint density at radius 3 is 2.29 bits per heavy atom. The number of carbonyl (C=O) groups is 3. The van der Waals surface area contributed by atoms with Crippen molar-refractivity contribution >= 4 is 34.4 Å². The zero-order chi connectivity index (χ0) is 32.1. The lowest BCUT2D eigenvalue weighted by Crippen LogP contribution is -2.41. The third-order valence-electron chi connectivity index (χ3n) is 7.24.